The molecule has 7 heteroatoms. The van der Waals surface area contributed by atoms with Gasteiger partial charge in [-0.3, -0.25) is 4.79 Å². The zero-order valence-electron chi connectivity index (χ0n) is 15.5. The van der Waals surface area contributed by atoms with Crippen molar-refractivity contribution in [3.05, 3.63) is 52.9 Å². The van der Waals surface area contributed by atoms with Gasteiger partial charge in [0.2, 0.25) is 5.91 Å². The monoisotopic (exact) mass is 394 g/mol. The molecule has 2 aromatic rings. The predicted molar refractivity (Wildman–Crippen MR) is 106 cm³/mol. The number of hydrogen-bond acceptors (Lipinski definition) is 4. The SMILES string of the molecule is CC(C)c1ccc(C(NC(=O)CNS(=O)(=O)c2cccs2)C(C)C)cc1. The van der Waals surface area contributed by atoms with E-state index in [-0.39, 0.29) is 28.6 Å². The number of nitrogens with one attached hydrogen (secondary N) is 2. The molecule has 2 N–H and O–H groups in total. The Kier molecular flexibility index (Phi) is 6.97. The predicted octanol–water partition coefficient (Wildman–Crippen LogP) is 3.66. The Morgan fingerprint density at radius 3 is 2.15 bits per heavy atom. The molecule has 0 radical (unpaired) electrons. The van der Waals surface area contributed by atoms with Crippen LogP contribution >= 0.6 is 11.3 Å². The van der Waals surface area contributed by atoms with Gasteiger partial charge in [-0.15, -0.1) is 11.3 Å². The van der Waals surface area contributed by atoms with Crippen LogP contribution in [0.5, 0.6) is 0 Å². The lowest BCUT2D eigenvalue weighted by molar-refractivity contribution is -0.121. The molecule has 0 aliphatic heterocycles. The van der Waals surface area contributed by atoms with Crippen molar-refractivity contribution < 1.29 is 13.2 Å². The van der Waals surface area contributed by atoms with Crippen LogP contribution < -0.4 is 10.0 Å². The summed E-state index contributed by atoms with van der Waals surface area (Å²) in [5.74, 6) is 0.275. The smallest absolute Gasteiger partial charge is 0.250 e. The minimum atomic E-state index is -3.64. The Morgan fingerprint density at radius 1 is 1.04 bits per heavy atom. The number of rotatable bonds is 8. The van der Waals surface area contributed by atoms with E-state index in [1.165, 1.54) is 11.6 Å². The van der Waals surface area contributed by atoms with Crippen LogP contribution in [0.3, 0.4) is 0 Å². The Hall–Kier alpha value is -1.70. The normalized spacial score (nSPS) is 13.2. The summed E-state index contributed by atoms with van der Waals surface area (Å²) >= 11 is 1.12. The van der Waals surface area contributed by atoms with Gasteiger partial charge in [-0.2, -0.15) is 0 Å². The van der Waals surface area contributed by atoms with Crippen molar-refractivity contribution in [2.24, 2.45) is 5.92 Å². The number of sulfonamides is 1. The van der Waals surface area contributed by atoms with Crippen molar-refractivity contribution in [2.75, 3.05) is 6.54 Å². The summed E-state index contributed by atoms with van der Waals surface area (Å²) in [4.78, 5) is 12.3. The summed E-state index contributed by atoms with van der Waals surface area (Å²) in [5.41, 5.74) is 2.25. The fourth-order valence-electron chi connectivity index (χ4n) is 2.60. The highest BCUT2D eigenvalue weighted by Crippen LogP contribution is 2.24. The number of amides is 1. The van der Waals surface area contributed by atoms with Crippen molar-refractivity contribution in [2.45, 2.75) is 43.9 Å². The van der Waals surface area contributed by atoms with Crippen LogP contribution in [-0.4, -0.2) is 20.9 Å². The fraction of sp³-hybridized carbons (Fsp3) is 0.421. The van der Waals surface area contributed by atoms with E-state index < -0.39 is 10.0 Å². The minimum absolute atomic E-state index is 0.171. The first kappa shape index (κ1) is 20.6. The van der Waals surface area contributed by atoms with Crippen molar-refractivity contribution >= 4 is 27.3 Å². The van der Waals surface area contributed by atoms with Crippen molar-refractivity contribution in [1.29, 1.82) is 0 Å². The molecule has 1 aromatic carbocycles. The highest BCUT2D eigenvalue weighted by molar-refractivity contribution is 7.91. The van der Waals surface area contributed by atoms with Gasteiger partial charge in [-0.05, 0) is 34.4 Å². The average molecular weight is 395 g/mol. The standard InChI is InChI=1S/C19H26N2O3S2/c1-13(2)15-7-9-16(10-8-15)19(14(3)4)21-17(22)12-20-26(23,24)18-6-5-11-25-18/h5-11,13-14,19-20H,12H2,1-4H3,(H,21,22). The van der Waals surface area contributed by atoms with Gasteiger partial charge in [0.05, 0.1) is 12.6 Å². The van der Waals surface area contributed by atoms with Crippen LogP contribution in [0.4, 0.5) is 0 Å². The summed E-state index contributed by atoms with van der Waals surface area (Å²) < 4.78 is 26.8. The van der Waals surface area contributed by atoms with E-state index in [9.17, 15) is 13.2 Å². The first-order valence-corrected chi connectivity index (χ1v) is 11.0. The van der Waals surface area contributed by atoms with E-state index in [1.807, 2.05) is 26.0 Å². The lowest BCUT2D eigenvalue weighted by atomic mass is 9.93. The topological polar surface area (TPSA) is 75.3 Å². The third-order valence-electron chi connectivity index (χ3n) is 4.13. The average Bonchev–Trinajstić information content (AvgIpc) is 3.13. The maximum absolute atomic E-state index is 12.3. The summed E-state index contributed by atoms with van der Waals surface area (Å²) in [6, 6.07) is 11.2. The van der Waals surface area contributed by atoms with Gasteiger partial charge in [-0.1, -0.05) is 58.0 Å². The van der Waals surface area contributed by atoms with Crippen LogP contribution in [0.25, 0.3) is 0 Å². The molecular formula is C19H26N2O3S2. The third kappa shape index (κ3) is 5.40. The number of hydrogen-bond donors (Lipinski definition) is 2. The quantitative estimate of drug-likeness (QED) is 0.717. The zero-order chi connectivity index (χ0) is 19.3. The van der Waals surface area contributed by atoms with E-state index in [4.69, 9.17) is 0 Å². The molecule has 0 aliphatic carbocycles. The largest absolute Gasteiger partial charge is 0.348 e. The van der Waals surface area contributed by atoms with E-state index in [0.29, 0.717) is 5.92 Å². The molecule has 5 nitrogen and oxygen atoms in total. The molecule has 0 saturated heterocycles. The number of carbonyl (C=O) groups excluding carboxylic acids is 1. The second kappa shape index (κ2) is 8.79. The number of benzene rings is 1. The molecule has 0 bridgehead atoms. The van der Waals surface area contributed by atoms with Crippen molar-refractivity contribution in [1.82, 2.24) is 10.0 Å². The summed E-state index contributed by atoms with van der Waals surface area (Å²) in [5, 5.41) is 4.62. The summed E-state index contributed by atoms with van der Waals surface area (Å²) in [7, 11) is -3.64. The fourth-order valence-corrected chi connectivity index (χ4v) is 4.62. The second-order valence-electron chi connectivity index (χ2n) is 6.87. The molecule has 1 amide bonds. The molecule has 0 fully saturated rings. The van der Waals surface area contributed by atoms with Gasteiger partial charge in [0.25, 0.3) is 10.0 Å². The Morgan fingerprint density at radius 2 is 1.65 bits per heavy atom. The molecular weight excluding hydrogens is 368 g/mol. The summed E-state index contributed by atoms with van der Waals surface area (Å²) in [6.07, 6.45) is 0. The Labute approximate surface area is 159 Å². The molecule has 0 aliphatic rings. The van der Waals surface area contributed by atoms with Gasteiger partial charge in [0, 0.05) is 0 Å². The van der Waals surface area contributed by atoms with Crippen LogP contribution in [0.15, 0.2) is 46.0 Å². The van der Waals surface area contributed by atoms with Crippen molar-refractivity contribution in [3.8, 4) is 0 Å². The lowest BCUT2D eigenvalue weighted by Gasteiger charge is -2.23. The summed E-state index contributed by atoms with van der Waals surface area (Å²) in [6.45, 7) is 8.04. The highest BCUT2D eigenvalue weighted by atomic mass is 32.2. The number of thiophene rings is 1. The maximum atomic E-state index is 12.3. The molecule has 1 aromatic heterocycles. The van der Waals surface area contributed by atoms with Gasteiger partial charge in [-0.25, -0.2) is 13.1 Å². The van der Waals surface area contributed by atoms with Gasteiger partial charge < -0.3 is 5.32 Å². The molecule has 0 saturated carbocycles. The van der Waals surface area contributed by atoms with Crippen LogP contribution in [0.1, 0.15) is 50.8 Å². The Bertz CT molecular complexity index is 811. The van der Waals surface area contributed by atoms with Crippen LogP contribution in [0.2, 0.25) is 0 Å². The van der Waals surface area contributed by atoms with Gasteiger partial charge in [0.1, 0.15) is 4.21 Å². The molecule has 142 valence electrons. The van der Waals surface area contributed by atoms with Gasteiger partial charge in [0.15, 0.2) is 0 Å². The van der Waals surface area contributed by atoms with Crippen LogP contribution in [0, 0.1) is 5.92 Å². The zero-order valence-corrected chi connectivity index (χ0v) is 17.2. The minimum Gasteiger partial charge on any atom is -0.348 e. The molecule has 1 atom stereocenters. The molecule has 1 unspecified atom stereocenters. The molecule has 0 spiro atoms. The van der Waals surface area contributed by atoms with E-state index in [1.54, 1.807) is 11.4 Å². The lowest BCUT2D eigenvalue weighted by Crippen LogP contribution is -2.39. The molecule has 26 heavy (non-hydrogen) atoms. The molecule has 1 heterocycles. The Balaban J connectivity index is 2.02. The van der Waals surface area contributed by atoms with E-state index >= 15 is 0 Å². The van der Waals surface area contributed by atoms with E-state index in [0.717, 1.165) is 16.9 Å². The number of carbonyl (C=O) groups is 1. The first-order valence-electron chi connectivity index (χ1n) is 8.63. The third-order valence-corrected chi connectivity index (χ3v) is 6.93. The highest BCUT2D eigenvalue weighted by Gasteiger charge is 2.21. The van der Waals surface area contributed by atoms with Crippen LogP contribution in [-0.2, 0) is 14.8 Å². The van der Waals surface area contributed by atoms with E-state index in [2.05, 4.69) is 36.0 Å². The van der Waals surface area contributed by atoms with Crippen molar-refractivity contribution in [3.63, 3.8) is 0 Å². The van der Waals surface area contributed by atoms with Gasteiger partial charge >= 0.3 is 0 Å². The maximum Gasteiger partial charge on any atom is 0.250 e. The second-order valence-corrected chi connectivity index (χ2v) is 9.81. The molecule has 2 rings (SSSR count). The first-order chi connectivity index (χ1) is 12.2.